The van der Waals surface area contributed by atoms with Gasteiger partial charge in [-0.1, -0.05) is 52.3 Å². The first-order valence-corrected chi connectivity index (χ1v) is 12.7. The number of benzene rings is 3. The van der Waals surface area contributed by atoms with Crippen molar-refractivity contribution in [3.05, 3.63) is 105 Å². The Labute approximate surface area is 214 Å². The van der Waals surface area contributed by atoms with Gasteiger partial charge in [-0.15, -0.1) is 0 Å². The lowest BCUT2D eigenvalue weighted by Gasteiger charge is -2.21. The van der Waals surface area contributed by atoms with Gasteiger partial charge in [0.25, 0.3) is 17.2 Å². The number of rotatable bonds is 8. The number of hydrogen-bond acceptors (Lipinski definition) is 5. The number of carbonyl (C=O) groups is 1. The van der Waals surface area contributed by atoms with Crippen molar-refractivity contribution in [3.8, 4) is 0 Å². The largest absolute Gasteiger partial charge is 0.348 e. The molecule has 1 aromatic heterocycles. The summed E-state index contributed by atoms with van der Waals surface area (Å²) in [5, 5.41) is 2.48. The Hall–Kier alpha value is -3.06. The predicted molar refractivity (Wildman–Crippen MR) is 134 cm³/mol. The minimum atomic E-state index is -2.62. The number of amides is 1. The molecule has 12 heteroatoms. The van der Waals surface area contributed by atoms with Gasteiger partial charge in [0, 0.05) is 23.0 Å². The van der Waals surface area contributed by atoms with Crippen LogP contribution in [0.4, 0.5) is 20.3 Å². The molecule has 1 heterocycles. The van der Waals surface area contributed by atoms with E-state index in [0.717, 1.165) is 33.7 Å². The number of nitrogens with one attached hydrogen (secondary N) is 1. The lowest BCUT2D eigenvalue weighted by Crippen LogP contribution is -2.28. The first kappa shape index (κ1) is 25.0. The smallest absolute Gasteiger partial charge is 0.268 e. The van der Waals surface area contributed by atoms with Gasteiger partial charge in [-0.05, 0) is 35.9 Å². The van der Waals surface area contributed by atoms with Crippen LogP contribution < -0.4 is 9.62 Å². The molecule has 7 nitrogen and oxygen atoms in total. The molecule has 3 aromatic carbocycles. The van der Waals surface area contributed by atoms with E-state index in [4.69, 9.17) is 0 Å². The third kappa shape index (κ3) is 5.78. The number of carbonyl (C=O) groups excluding carboxylic acids is 1. The average Bonchev–Trinajstić information content (AvgIpc) is 3.26. The highest BCUT2D eigenvalue weighted by molar-refractivity contribution is 9.10. The zero-order chi connectivity index (χ0) is 24.9. The van der Waals surface area contributed by atoms with E-state index in [2.05, 4.69) is 30.0 Å². The molecule has 0 aliphatic carbocycles. The molecule has 1 atom stereocenters. The fourth-order valence-corrected chi connectivity index (χ4v) is 4.92. The van der Waals surface area contributed by atoms with E-state index >= 15 is 0 Å². The Morgan fingerprint density at radius 3 is 2.46 bits per heavy atom. The fraction of sp³-hybridized carbons (Fsp3) is 0.0870. The zero-order valence-corrected chi connectivity index (χ0v) is 21.0. The van der Waals surface area contributed by atoms with E-state index in [9.17, 15) is 22.3 Å². The molecule has 0 aliphatic rings. The average molecular weight is 579 g/mol. The van der Waals surface area contributed by atoms with E-state index in [1.165, 1.54) is 18.2 Å². The molecule has 4 aromatic rings. The number of aromatic nitrogens is 2. The molecule has 2 N–H and O–H groups in total. The van der Waals surface area contributed by atoms with Gasteiger partial charge in [0.05, 0.1) is 23.0 Å². The maximum absolute atomic E-state index is 14.0. The minimum absolute atomic E-state index is 0.00556. The van der Waals surface area contributed by atoms with E-state index < -0.39 is 35.4 Å². The van der Waals surface area contributed by atoms with Gasteiger partial charge >= 0.3 is 0 Å². The number of nitrogens with zero attached hydrogens (tertiary/aromatic N) is 3. The van der Waals surface area contributed by atoms with Crippen molar-refractivity contribution in [2.45, 2.75) is 13.0 Å². The van der Waals surface area contributed by atoms with Gasteiger partial charge in [0.1, 0.15) is 17.3 Å². The SMILES string of the molecule is O=C(NCc1c(F)cccc1F)c1ccc(Br)cc1N(c1nsnc1Cc1ccccc1)S(=O)O. The summed E-state index contributed by atoms with van der Waals surface area (Å²) in [5.74, 6) is -2.16. The summed E-state index contributed by atoms with van der Waals surface area (Å²) in [7, 11) is 0. The van der Waals surface area contributed by atoms with Crippen LogP contribution in [0.3, 0.4) is 0 Å². The van der Waals surface area contributed by atoms with Crippen LogP contribution >= 0.6 is 27.7 Å². The summed E-state index contributed by atoms with van der Waals surface area (Å²) in [6, 6.07) is 17.3. The molecule has 4 rings (SSSR count). The minimum Gasteiger partial charge on any atom is -0.348 e. The molecule has 0 radical (unpaired) electrons. The summed E-state index contributed by atoms with van der Waals surface area (Å²) in [4.78, 5) is 13.0. The Bertz CT molecular complexity index is 1370. The Balaban J connectivity index is 1.68. The second-order valence-electron chi connectivity index (χ2n) is 7.27. The van der Waals surface area contributed by atoms with Gasteiger partial charge in [-0.25, -0.2) is 17.3 Å². The van der Waals surface area contributed by atoms with Crippen molar-refractivity contribution >= 4 is 56.3 Å². The van der Waals surface area contributed by atoms with Gasteiger partial charge in [0.2, 0.25) is 0 Å². The number of halogens is 3. The molecular formula is C23H17BrF2N4O3S2. The summed E-state index contributed by atoms with van der Waals surface area (Å²) in [6.07, 6.45) is 0.350. The Morgan fingerprint density at radius 2 is 1.77 bits per heavy atom. The van der Waals surface area contributed by atoms with Gasteiger partial charge in [0.15, 0.2) is 5.82 Å². The van der Waals surface area contributed by atoms with Crippen LogP contribution in [-0.4, -0.2) is 23.4 Å². The molecule has 0 spiro atoms. The van der Waals surface area contributed by atoms with Crippen molar-refractivity contribution in [2.75, 3.05) is 4.31 Å². The van der Waals surface area contributed by atoms with E-state index in [1.807, 2.05) is 30.3 Å². The third-order valence-corrected chi connectivity index (χ3v) is 6.74. The first-order chi connectivity index (χ1) is 16.8. The van der Waals surface area contributed by atoms with E-state index in [0.29, 0.717) is 16.6 Å². The molecule has 0 fully saturated rings. The van der Waals surface area contributed by atoms with Gasteiger partial charge < -0.3 is 5.32 Å². The van der Waals surface area contributed by atoms with Crippen LogP contribution in [0, 0.1) is 11.6 Å². The van der Waals surface area contributed by atoms with Crippen molar-refractivity contribution < 1.29 is 22.3 Å². The molecule has 0 aliphatic heterocycles. The summed E-state index contributed by atoms with van der Waals surface area (Å²) in [6.45, 7) is -0.410. The predicted octanol–water partition coefficient (Wildman–Crippen LogP) is 5.37. The fourth-order valence-electron chi connectivity index (χ4n) is 3.36. The number of hydrogen-bond donors (Lipinski definition) is 2. The second-order valence-corrected chi connectivity index (χ2v) is 9.54. The monoisotopic (exact) mass is 578 g/mol. The lowest BCUT2D eigenvalue weighted by atomic mass is 10.1. The normalized spacial score (nSPS) is 11.8. The van der Waals surface area contributed by atoms with Crippen LogP contribution in [0.1, 0.15) is 27.2 Å². The maximum atomic E-state index is 14.0. The zero-order valence-electron chi connectivity index (χ0n) is 17.8. The molecule has 180 valence electrons. The third-order valence-electron chi connectivity index (χ3n) is 5.01. The highest BCUT2D eigenvalue weighted by Gasteiger charge is 2.27. The highest BCUT2D eigenvalue weighted by atomic mass is 79.9. The second kappa shape index (κ2) is 11.1. The highest BCUT2D eigenvalue weighted by Crippen LogP contribution is 2.34. The lowest BCUT2D eigenvalue weighted by molar-refractivity contribution is 0.0951. The number of anilines is 2. The van der Waals surface area contributed by atoms with Crippen molar-refractivity contribution in [2.24, 2.45) is 0 Å². The van der Waals surface area contributed by atoms with Crippen molar-refractivity contribution in [3.63, 3.8) is 0 Å². The topological polar surface area (TPSA) is 95.4 Å². The Morgan fingerprint density at radius 1 is 1.06 bits per heavy atom. The quantitative estimate of drug-likeness (QED) is 0.274. The van der Waals surface area contributed by atoms with Crippen molar-refractivity contribution in [1.82, 2.24) is 14.1 Å². The first-order valence-electron chi connectivity index (χ1n) is 10.1. The summed E-state index contributed by atoms with van der Waals surface area (Å²) in [5.41, 5.74) is 1.14. The molecule has 1 unspecified atom stereocenters. The molecule has 1 amide bonds. The van der Waals surface area contributed by atoms with Crippen molar-refractivity contribution in [1.29, 1.82) is 0 Å². The molecule has 0 saturated heterocycles. The maximum Gasteiger partial charge on any atom is 0.268 e. The van der Waals surface area contributed by atoms with E-state index in [-0.39, 0.29) is 22.6 Å². The van der Waals surface area contributed by atoms with Crippen LogP contribution in [0.25, 0.3) is 0 Å². The standard InChI is InChI=1S/C23H17BrF2N4O3S2/c24-15-9-10-16(23(31)27-13-17-18(25)7-4-8-19(17)26)21(12-15)30(35(32)33)22-20(28-34-29-22)11-14-5-2-1-3-6-14/h1-10,12H,11,13H2,(H,27,31)(H,32,33). The summed E-state index contributed by atoms with van der Waals surface area (Å²) >= 11 is 1.58. The van der Waals surface area contributed by atoms with Gasteiger partial charge in [-0.2, -0.15) is 8.75 Å². The van der Waals surface area contributed by atoms with Gasteiger partial charge in [-0.3, -0.25) is 9.35 Å². The van der Waals surface area contributed by atoms with E-state index in [1.54, 1.807) is 6.07 Å². The van der Waals surface area contributed by atoms with Crippen LogP contribution in [-0.2, 0) is 24.2 Å². The summed E-state index contributed by atoms with van der Waals surface area (Å²) < 4.78 is 60.7. The van der Waals surface area contributed by atoms with Crippen LogP contribution in [0.5, 0.6) is 0 Å². The molecule has 0 bridgehead atoms. The Kier molecular flexibility index (Phi) is 7.96. The molecule has 35 heavy (non-hydrogen) atoms. The van der Waals surface area contributed by atoms with Crippen LogP contribution in [0.2, 0.25) is 0 Å². The van der Waals surface area contributed by atoms with Crippen LogP contribution in [0.15, 0.2) is 71.2 Å². The molecular weight excluding hydrogens is 562 g/mol. The molecule has 0 saturated carbocycles.